The molecule has 1 saturated heterocycles. The number of carbonyl (C=O) groups is 1. The molecule has 5 rings (SSSR count). The van der Waals surface area contributed by atoms with E-state index in [2.05, 4.69) is 14.8 Å². The van der Waals surface area contributed by atoms with Crippen LogP contribution < -0.4 is 0 Å². The van der Waals surface area contributed by atoms with Gasteiger partial charge in [0.05, 0.1) is 23.3 Å². The molecular weight excluding hydrogens is 408 g/mol. The molecule has 3 aromatic rings. The minimum Gasteiger partial charge on any atom is -0.478 e. The second kappa shape index (κ2) is 8.69. The first-order valence-electron chi connectivity index (χ1n) is 10.6. The highest BCUT2D eigenvalue weighted by Crippen LogP contribution is 2.31. The fraction of sp³-hybridized carbons (Fsp3) is 0.292. The number of hydrogen-bond acceptors (Lipinski definition) is 6. The van der Waals surface area contributed by atoms with Gasteiger partial charge in [-0.05, 0) is 6.07 Å². The fourth-order valence-corrected chi connectivity index (χ4v) is 5.23. The predicted octanol–water partition coefficient (Wildman–Crippen LogP) is 3.82. The quantitative estimate of drug-likeness (QED) is 0.676. The Hall–Kier alpha value is -2.90. The van der Waals surface area contributed by atoms with Crippen molar-refractivity contribution in [2.24, 2.45) is 4.99 Å². The normalized spacial score (nSPS) is 17.2. The highest BCUT2D eigenvalue weighted by atomic mass is 32.2. The van der Waals surface area contributed by atoms with Crippen LogP contribution in [0.1, 0.15) is 15.9 Å². The van der Waals surface area contributed by atoms with Crippen LogP contribution in [0.25, 0.3) is 22.2 Å². The van der Waals surface area contributed by atoms with E-state index in [0.717, 1.165) is 60.5 Å². The molecule has 6 nitrogen and oxygen atoms in total. The summed E-state index contributed by atoms with van der Waals surface area (Å²) >= 11 is 1.83. The number of carboxylic acid groups (broad SMARTS) is 1. The van der Waals surface area contributed by atoms with Crippen molar-refractivity contribution in [2.45, 2.75) is 6.54 Å². The first-order valence-corrected chi connectivity index (χ1v) is 11.5. The van der Waals surface area contributed by atoms with Gasteiger partial charge in [-0.15, -0.1) is 0 Å². The topological polar surface area (TPSA) is 69.0 Å². The number of benzene rings is 2. The van der Waals surface area contributed by atoms with Crippen LogP contribution in [0, 0.1) is 0 Å². The van der Waals surface area contributed by atoms with Gasteiger partial charge in [0.25, 0.3) is 0 Å². The third kappa shape index (κ3) is 4.03. The largest absolute Gasteiger partial charge is 0.478 e. The van der Waals surface area contributed by atoms with E-state index in [0.29, 0.717) is 23.0 Å². The Balaban J connectivity index is 1.52. The first kappa shape index (κ1) is 20.0. The van der Waals surface area contributed by atoms with E-state index in [1.54, 1.807) is 0 Å². The molecule has 0 unspecified atom stereocenters. The SMILES string of the molecule is O=C(O)c1c(CN2CCN(C3=NCCS3)CC2)c(-c2ccccc2)nc2ccccc12. The van der Waals surface area contributed by atoms with Crippen LogP contribution in [0.15, 0.2) is 59.6 Å². The minimum atomic E-state index is -0.902. The van der Waals surface area contributed by atoms with Crippen LogP contribution in [-0.2, 0) is 6.54 Å². The van der Waals surface area contributed by atoms with Crippen LogP contribution in [-0.4, -0.2) is 69.5 Å². The van der Waals surface area contributed by atoms with E-state index < -0.39 is 5.97 Å². The lowest BCUT2D eigenvalue weighted by Crippen LogP contribution is -2.47. The molecule has 0 atom stereocenters. The molecule has 2 aliphatic heterocycles. The highest BCUT2D eigenvalue weighted by Gasteiger charge is 2.26. The van der Waals surface area contributed by atoms with Gasteiger partial charge in [-0.1, -0.05) is 60.3 Å². The van der Waals surface area contributed by atoms with Crippen molar-refractivity contribution in [3.8, 4) is 11.3 Å². The van der Waals surface area contributed by atoms with Gasteiger partial charge in [0.15, 0.2) is 5.17 Å². The van der Waals surface area contributed by atoms with Crippen LogP contribution in [0.3, 0.4) is 0 Å². The zero-order valence-electron chi connectivity index (χ0n) is 17.2. The van der Waals surface area contributed by atoms with Crippen LogP contribution in [0.4, 0.5) is 0 Å². The number of pyridine rings is 1. The molecule has 3 heterocycles. The van der Waals surface area contributed by atoms with Crippen LogP contribution >= 0.6 is 11.8 Å². The van der Waals surface area contributed by atoms with Gasteiger partial charge in [-0.25, -0.2) is 9.78 Å². The lowest BCUT2D eigenvalue weighted by molar-refractivity contribution is 0.0696. The third-order valence-corrected chi connectivity index (χ3v) is 6.88. The number of piperazine rings is 1. The van der Waals surface area contributed by atoms with Crippen molar-refractivity contribution < 1.29 is 9.90 Å². The van der Waals surface area contributed by atoms with Crippen molar-refractivity contribution in [1.29, 1.82) is 0 Å². The highest BCUT2D eigenvalue weighted by molar-refractivity contribution is 8.14. The smallest absolute Gasteiger partial charge is 0.336 e. The number of fused-ring (bicyclic) bond motifs is 1. The number of para-hydroxylation sites is 1. The fourth-order valence-electron chi connectivity index (χ4n) is 4.32. The maximum Gasteiger partial charge on any atom is 0.336 e. The maximum atomic E-state index is 12.4. The van der Waals surface area contributed by atoms with Gasteiger partial charge < -0.3 is 10.0 Å². The van der Waals surface area contributed by atoms with E-state index in [1.807, 2.05) is 66.4 Å². The summed E-state index contributed by atoms with van der Waals surface area (Å²) in [4.78, 5) is 26.6. The molecule has 0 aliphatic carbocycles. The van der Waals surface area contributed by atoms with Crippen molar-refractivity contribution in [3.63, 3.8) is 0 Å². The summed E-state index contributed by atoms with van der Waals surface area (Å²) < 4.78 is 0. The Morgan fingerprint density at radius 1 is 1.00 bits per heavy atom. The Morgan fingerprint density at radius 3 is 2.45 bits per heavy atom. The van der Waals surface area contributed by atoms with Gasteiger partial charge in [-0.2, -0.15) is 0 Å². The number of aromatic nitrogens is 1. The second-order valence-electron chi connectivity index (χ2n) is 7.78. The Labute approximate surface area is 185 Å². The summed E-state index contributed by atoms with van der Waals surface area (Å²) in [6.45, 7) is 5.05. The van der Waals surface area contributed by atoms with E-state index in [9.17, 15) is 9.90 Å². The Kier molecular flexibility index (Phi) is 5.61. The molecule has 7 heteroatoms. The zero-order valence-corrected chi connectivity index (χ0v) is 18.0. The standard InChI is InChI=1S/C24H24N4O2S/c29-23(30)21-18-8-4-5-9-20(18)26-22(17-6-2-1-3-7-17)19(21)16-27-11-13-28(14-12-27)24-25-10-15-31-24/h1-9H,10-16H2,(H,29,30). The van der Waals surface area contributed by atoms with Crippen LogP contribution in [0.2, 0.25) is 0 Å². The molecule has 0 bridgehead atoms. The van der Waals surface area contributed by atoms with E-state index in [1.165, 1.54) is 0 Å². The lowest BCUT2D eigenvalue weighted by atomic mass is 9.96. The first-order chi connectivity index (χ1) is 15.2. The molecule has 0 saturated carbocycles. The molecule has 31 heavy (non-hydrogen) atoms. The number of aromatic carboxylic acids is 1. The summed E-state index contributed by atoms with van der Waals surface area (Å²) in [6.07, 6.45) is 0. The summed E-state index contributed by atoms with van der Waals surface area (Å²) in [5.41, 5.74) is 3.57. The van der Waals surface area contributed by atoms with Gasteiger partial charge in [0, 0.05) is 55.0 Å². The zero-order chi connectivity index (χ0) is 21.2. The summed E-state index contributed by atoms with van der Waals surface area (Å²) in [5, 5.41) is 12.0. The van der Waals surface area contributed by atoms with Crippen molar-refractivity contribution in [1.82, 2.24) is 14.8 Å². The van der Waals surface area contributed by atoms with Gasteiger partial charge in [0.2, 0.25) is 0 Å². The molecule has 2 aromatic carbocycles. The number of amidine groups is 1. The average Bonchev–Trinajstić information content (AvgIpc) is 3.34. The summed E-state index contributed by atoms with van der Waals surface area (Å²) in [5.74, 6) is 0.168. The molecule has 0 spiro atoms. The van der Waals surface area contributed by atoms with Crippen LogP contribution in [0.5, 0.6) is 0 Å². The molecule has 0 amide bonds. The monoisotopic (exact) mass is 432 g/mol. The Morgan fingerprint density at radius 2 is 1.74 bits per heavy atom. The third-order valence-electron chi connectivity index (χ3n) is 5.85. The maximum absolute atomic E-state index is 12.4. The number of thioether (sulfide) groups is 1. The number of nitrogens with zero attached hydrogens (tertiary/aromatic N) is 4. The van der Waals surface area contributed by atoms with Gasteiger partial charge in [-0.3, -0.25) is 9.89 Å². The minimum absolute atomic E-state index is 0.364. The molecule has 0 radical (unpaired) electrons. The lowest BCUT2D eigenvalue weighted by Gasteiger charge is -2.36. The van der Waals surface area contributed by atoms with E-state index >= 15 is 0 Å². The second-order valence-corrected chi connectivity index (χ2v) is 8.84. The molecule has 158 valence electrons. The number of hydrogen-bond donors (Lipinski definition) is 1. The van der Waals surface area contributed by atoms with Crippen molar-refractivity contribution in [3.05, 3.63) is 65.7 Å². The van der Waals surface area contributed by atoms with Crippen molar-refractivity contribution in [2.75, 3.05) is 38.5 Å². The van der Waals surface area contributed by atoms with Gasteiger partial charge in [0.1, 0.15) is 0 Å². The average molecular weight is 433 g/mol. The molecule has 2 aliphatic rings. The van der Waals surface area contributed by atoms with E-state index in [4.69, 9.17) is 4.98 Å². The van der Waals surface area contributed by atoms with Crippen molar-refractivity contribution >= 4 is 33.8 Å². The molecule has 1 fully saturated rings. The van der Waals surface area contributed by atoms with E-state index in [-0.39, 0.29) is 0 Å². The number of aliphatic imine (C=N–C) groups is 1. The molecular formula is C24H24N4O2S. The summed E-state index contributed by atoms with van der Waals surface area (Å²) in [7, 11) is 0. The van der Waals surface area contributed by atoms with Gasteiger partial charge >= 0.3 is 5.97 Å². The predicted molar refractivity (Wildman–Crippen MR) is 126 cm³/mol. The summed E-state index contributed by atoms with van der Waals surface area (Å²) in [6, 6.07) is 17.4. The molecule has 1 N–H and O–H groups in total. The Bertz CT molecular complexity index is 1140. The number of carboxylic acids is 1. The molecule has 1 aromatic heterocycles. The number of rotatable bonds is 4.